The van der Waals surface area contributed by atoms with Gasteiger partial charge in [0.05, 0.1) is 19.4 Å². The van der Waals surface area contributed by atoms with E-state index in [1.807, 2.05) is 19.2 Å². The van der Waals surface area contributed by atoms with Crippen molar-refractivity contribution < 1.29 is 4.42 Å². The SMILES string of the molecule is CNc1nnc(CN(Cc2ccco2)C2CC2)s1. The van der Waals surface area contributed by atoms with Crippen LogP contribution in [0.2, 0.25) is 0 Å². The van der Waals surface area contributed by atoms with E-state index < -0.39 is 0 Å². The number of aromatic nitrogens is 2. The third-order valence-electron chi connectivity index (χ3n) is 3.02. The molecule has 0 radical (unpaired) electrons. The second-order valence-electron chi connectivity index (χ2n) is 4.47. The summed E-state index contributed by atoms with van der Waals surface area (Å²) in [6.07, 6.45) is 4.28. The maximum atomic E-state index is 5.42. The Balaban J connectivity index is 1.66. The molecule has 2 heterocycles. The highest BCUT2D eigenvalue weighted by atomic mass is 32.1. The van der Waals surface area contributed by atoms with Gasteiger partial charge in [-0.05, 0) is 25.0 Å². The first kappa shape index (κ1) is 11.7. The Kier molecular flexibility index (Phi) is 3.29. The van der Waals surface area contributed by atoms with Crippen molar-refractivity contribution >= 4 is 16.5 Å². The van der Waals surface area contributed by atoms with E-state index in [-0.39, 0.29) is 0 Å². The van der Waals surface area contributed by atoms with Crippen LogP contribution in [0, 0.1) is 0 Å². The first-order chi connectivity index (χ1) is 8.85. The van der Waals surface area contributed by atoms with E-state index in [0.29, 0.717) is 6.04 Å². The van der Waals surface area contributed by atoms with Crippen LogP contribution < -0.4 is 5.32 Å². The lowest BCUT2D eigenvalue weighted by atomic mass is 10.4. The predicted octanol–water partition coefficient (Wildman–Crippen LogP) is 2.34. The summed E-state index contributed by atoms with van der Waals surface area (Å²) >= 11 is 1.61. The zero-order chi connectivity index (χ0) is 12.4. The van der Waals surface area contributed by atoms with Gasteiger partial charge in [-0.2, -0.15) is 0 Å². The molecule has 0 atom stereocenters. The van der Waals surface area contributed by atoms with E-state index in [1.165, 1.54) is 12.8 Å². The van der Waals surface area contributed by atoms with Crippen molar-refractivity contribution in [3.05, 3.63) is 29.2 Å². The van der Waals surface area contributed by atoms with Gasteiger partial charge in [0.2, 0.25) is 5.13 Å². The Morgan fingerprint density at radius 1 is 1.44 bits per heavy atom. The number of furan rings is 1. The lowest BCUT2D eigenvalue weighted by Crippen LogP contribution is -2.24. The molecule has 18 heavy (non-hydrogen) atoms. The molecule has 0 aliphatic heterocycles. The molecule has 0 saturated heterocycles. The first-order valence-electron chi connectivity index (χ1n) is 6.11. The van der Waals surface area contributed by atoms with Crippen molar-refractivity contribution in [3.63, 3.8) is 0 Å². The van der Waals surface area contributed by atoms with Crippen LogP contribution in [0.5, 0.6) is 0 Å². The molecule has 0 amide bonds. The average Bonchev–Trinajstić information content (AvgIpc) is 2.92. The van der Waals surface area contributed by atoms with E-state index in [4.69, 9.17) is 4.42 Å². The Labute approximate surface area is 110 Å². The molecule has 0 unspecified atom stereocenters. The number of hydrogen-bond acceptors (Lipinski definition) is 6. The van der Waals surface area contributed by atoms with Crippen LogP contribution in [-0.2, 0) is 13.1 Å². The summed E-state index contributed by atoms with van der Waals surface area (Å²) in [6, 6.07) is 4.64. The van der Waals surface area contributed by atoms with Crippen LogP contribution in [0.1, 0.15) is 23.6 Å². The average molecular weight is 264 g/mol. The van der Waals surface area contributed by atoms with Gasteiger partial charge in [0.25, 0.3) is 0 Å². The molecule has 1 saturated carbocycles. The summed E-state index contributed by atoms with van der Waals surface area (Å²) in [5, 5.41) is 13.2. The van der Waals surface area contributed by atoms with Crippen molar-refractivity contribution in [2.24, 2.45) is 0 Å². The third kappa shape index (κ3) is 2.70. The lowest BCUT2D eigenvalue weighted by Gasteiger charge is -2.18. The molecule has 0 bridgehead atoms. The Hall–Kier alpha value is -1.40. The predicted molar refractivity (Wildman–Crippen MR) is 70.4 cm³/mol. The molecule has 3 rings (SSSR count). The van der Waals surface area contributed by atoms with Gasteiger partial charge in [-0.3, -0.25) is 4.90 Å². The van der Waals surface area contributed by atoms with Gasteiger partial charge in [-0.1, -0.05) is 11.3 Å². The van der Waals surface area contributed by atoms with E-state index in [9.17, 15) is 0 Å². The molecule has 1 aliphatic rings. The quantitative estimate of drug-likeness (QED) is 0.868. The third-order valence-corrected chi connectivity index (χ3v) is 3.95. The van der Waals surface area contributed by atoms with Gasteiger partial charge < -0.3 is 9.73 Å². The summed E-state index contributed by atoms with van der Waals surface area (Å²) in [7, 11) is 1.87. The van der Waals surface area contributed by atoms with Crippen LogP contribution in [0.3, 0.4) is 0 Å². The van der Waals surface area contributed by atoms with Gasteiger partial charge in [-0.25, -0.2) is 0 Å². The summed E-state index contributed by atoms with van der Waals surface area (Å²) < 4.78 is 5.42. The number of rotatable bonds is 6. The van der Waals surface area contributed by atoms with Crippen molar-refractivity contribution in [3.8, 4) is 0 Å². The van der Waals surface area contributed by atoms with E-state index in [1.54, 1.807) is 17.6 Å². The summed E-state index contributed by atoms with van der Waals surface area (Å²) in [5.41, 5.74) is 0. The van der Waals surface area contributed by atoms with Crippen LogP contribution >= 0.6 is 11.3 Å². The maximum absolute atomic E-state index is 5.42. The fourth-order valence-electron chi connectivity index (χ4n) is 1.95. The number of anilines is 1. The second-order valence-corrected chi connectivity index (χ2v) is 5.53. The van der Waals surface area contributed by atoms with E-state index in [2.05, 4.69) is 20.4 Å². The first-order valence-corrected chi connectivity index (χ1v) is 6.93. The standard InChI is InChI=1S/C12H16N4OS/c1-13-12-15-14-11(18-12)8-16(9-4-5-9)7-10-3-2-6-17-10/h2-3,6,9H,4-5,7-8H2,1H3,(H,13,15). The molecular weight excluding hydrogens is 248 g/mol. The highest BCUT2D eigenvalue weighted by Crippen LogP contribution is 2.30. The summed E-state index contributed by atoms with van der Waals surface area (Å²) in [6.45, 7) is 1.71. The summed E-state index contributed by atoms with van der Waals surface area (Å²) in [4.78, 5) is 2.42. The maximum Gasteiger partial charge on any atom is 0.205 e. The number of nitrogens with one attached hydrogen (secondary N) is 1. The van der Waals surface area contributed by atoms with E-state index in [0.717, 1.165) is 29.0 Å². The van der Waals surface area contributed by atoms with Crippen LogP contribution in [0.4, 0.5) is 5.13 Å². The number of hydrogen-bond donors (Lipinski definition) is 1. The van der Waals surface area contributed by atoms with Crippen molar-refractivity contribution in [2.75, 3.05) is 12.4 Å². The smallest absolute Gasteiger partial charge is 0.205 e. The fourth-order valence-corrected chi connectivity index (χ4v) is 2.67. The van der Waals surface area contributed by atoms with Gasteiger partial charge in [0, 0.05) is 13.1 Å². The zero-order valence-corrected chi connectivity index (χ0v) is 11.1. The van der Waals surface area contributed by atoms with Gasteiger partial charge in [0.15, 0.2) is 0 Å². The fraction of sp³-hybridized carbons (Fsp3) is 0.500. The molecule has 2 aromatic heterocycles. The van der Waals surface area contributed by atoms with E-state index >= 15 is 0 Å². The van der Waals surface area contributed by atoms with Crippen molar-refractivity contribution in [1.29, 1.82) is 0 Å². The Bertz CT molecular complexity index is 492. The Morgan fingerprint density at radius 3 is 2.94 bits per heavy atom. The van der Waals surface area contributed by atoms with Crippen LogP contribution in [0.25, 0.3) is 0 Å². The van der Waals surface area contributed by atoms with Gasteiger partial charge >= 0.3 is 0 Å². The van der Waals surface area contributed by atoms with Crippen molar-refractivity contribution in [1.82, 2.24) is 15.1 Å². The normalized spacial score (nSPS) is 15.2. The minimum Gasteiger partial charge on any atom is -0.468 e. The van der Waals surface area contributed by atoms with Crippen molar-refractivity contribution in [2.45, 2.75) is 32.0 Å². The highest BCUT2D eigenvalue weighted by Gasteiger charge is 2.30. The highest BCUT2D eigenvalue weighted by molar-refractivity contribution is 7.15. The molecule has 2 aromatic rings. The molecule has 0 spiro atoms. The summed E-state index contributed by atoms with van der Waals surface area (Å²) in [5.74, 6) is 1.01. The zero-order valence-electron chi connectivity index (χ0n) is 10.3. The van der Waals surface area contributed by atoms with Gasteiger partial charge in [-0.15, -0.1) is 10.2 Å². The molecule has 6 heteroatoms. The molecule has 1 N–H and O–H groups in total. The molecule has 96 valence electrons. The monoisotopic (exact) mass is 264 g/mol. The molecule has 0 aromatic carbocycles. The molecular formula is C12H16N4OS. The Morgan fingerprint density at radius 2 is 2.33 bits per heavy atom. The second kappa shape index (κ2) is 5.07. The minimum atomic E-state index is 0.678. The molecule has 1 aliphatic carbocycles. The number of nitrogens with zero attached hydrogens (tertiary/aromatic N) is 3. The van der Waals surface area contributed by atoms with Gasteiger partial charge in [0.1, 0.15) is 10.8 Å². The van der Waals surface area contributed by atoms with Crippen LogP contribution in [0.15, 0.2) is 22.8 Å². The topological polar surface area (TPSA) is 54.2 Å². The van der Waals surface area contributed by atoms with Crippen LogP contribution in [-0.4, -0.2) is 28.2 Å². The largest absolute Gasteiger partial charge is 0.468 e. The molecule has 1 fully saturated rings. The lowest BCUT2D eigenvalue weighted by molar-refractivity contribution is 0.224. The molecule has 5 nitrogen and oxygen atoms in total. The minimum absolute atomic E-state index is 0.678.